The Hall–Kier alpha value is -2.24. The van der Waals surface area contributed by atoms with E-state index >= 15 is 0 Å². The second-order valence-corrected chi connectivity index (χ2v) is 6.73. The topological polar surface area (TPSA) is 46.3 Å². The molecule has 0 N–H and O–H groups in total. The normalized spacial score (nSPS) is 17.8. The van der Waals surface area contributed by atoms with Crippen molar-refractivity contribution in [3.8, 4) is 0 Å². The summed E-state index contributed by atoms with van der Waals surface area (Å²) in [6, 6.07) is 3.70. The number of halogens is 2. The molecule has 25 heavy (non-hydrogen) atoms. The van der Waals surface area contributed by atoms with Gasteiger partial charge >= 0.3 is 0 Å². The van der Waals surface area contributed by atoms with Gasteiger partial charge in [-0.1, -0.05) is 11.2 Å². The van der Waals surface area contributed by atoms with Crippen LogP contribution in [0.25, 0.3) is 0 Å². The lowest BCUT2D eigenvalue weighted by Gasteiger charge is -2.33. The lowest BCUT2D eigenvalue weighted by molar-refractivity contribution is 0.0665. The van der Waals surface area contributed by atoms with Crippen LogP contribution in [-0.4, -0.2) is 29.1 Å². The molecule has 0 unspecified atom stereocenters. The Balaban J connectivity index is 1.62. The zero-order chi connectivity index (χ0) is 18.0. The Morgan fingerprint density at radius 3 is 2.84 bits per heavy atom. The minimum atomic E-state index is -0.560. The smallest absolute Gasteiger partial charge is 0.259 e. The molecule has 0 saturated carbocycles. The van der Waals surface area contributed by atoms with Gasteiger partial charge in [-0.15, -0.1) is 0 Å². The number of likely N-dealkylation sites (tertiary alicyclic amines) is 1. The van der Waals surface area contributed by atoms with E-state index in [-0.39, 0.29) is 5.91 Å². The summed E-state index contributed by atoms with van der Waals surface area (Å²) in [7, 11) is 0. The van der Waals surface area contributed by atoms with Gasteiger partial charge in [-0.3, -0.25) is 4.79 Å². The molecule has 2 aromatic rings. The standard InChI is InChI=1S/C19H22F2N2O2/c1-12-18(13(2)25-22-12)19(24)23-9-3-4-14(11-23)5-6-15-7-8-16(20)10-17(15)21/h7-8,10,14H,3-6,9,11H2,1-2H3/t14-/m1/s1. The molecular weight excluding hydrogens is 326 g/mol. The van der Waals surface area contributed by atoms with E-state index in [1.54, 1.807) is 13.8 Å². The van der Waals surface area contributed by atoms with Crippen molar-refractivity contribution in [2.45, 2.75) is 39.5 Å². The maximum absolute atomic E-state index is 13.8. The highest BCUT2D eigenvalue weighted by Gasteiger charge is 2.28. The Bertz CT molecular complexity index is 753. The molecule has 0 bridgehead atoms. The molecule has 3 rings (SSSR count). The molecule has 0 spiro atoms. The van der Waals surface area contributed by atoms with E-state index in [0.29, 0.717) is 48.0 Å². The molecule has 1 saturated heterocycles. The maximum Gasteiger partial charge on any atom is 0.259 e. The van der Waals surface area contributed by atoms with Crippen LogP contribution in [-0.2, 0) is 6.42 Å². The average Bonchev–Trinajstić information content (AvgIpc) is 2.92. The zero-order valence-corrected chi connectivity index (χ0v) is 14.5. The van der Waals surface area contributed by atoms with E-state index in [9.17, 15) is 13.6 Å². The van der Waals surface area contributed by atoms with Gasteiger partial charge in [-0.05, 0) is 57.1 Å². The fraction of sp³-hybridized carbons (Fsp3) is 0.474. The van der Waals surface area contributed by atoms with Gasteiger partial charge in [0.05, 0.1) is 5.69 Å². The molecule has 2 heterocycles. The van der Waals surface area contributed by atoms with Crippen LogP contribution in [0.3, 0.4) is 0 Å². The predicted molar refractivity (Wildman–Crippen MR) is 89.3 cm³/mol. The number of hydrogen-bond donors (Lipinski definition) is 0. The number of aromatic nitrogens is 1. The van der Waals surface area contributed by atoms with Crippen LogP contribution in [0, 0.1) is 31.4 Å². The second-order valence-electron chi connectivity index (χ2n) is 6.73. The molecule has 1 amide bonds. The number of hydrogen-bond acceptors (Lipinski definition) is 3. The summed E-state index contributed by atoms with van der Waals surface area (Å²) in [5.41, 5.74) is 1.68. The second kappa shape index (κ2) is 7.33. The first kappa shape index (κ1) is 17.6. The van der Waals surface area contributed by atoms with Gasteiger partial charge < -0.3 is 9.42 Å². The van der Waals surface area contributed by atoms with Gasteiger partial charge in [-0.25, -0.2) is 8.78 Å². The highest BCUT2D eigenvalue weighted by atomic mass is 19.1. The third kappa shape index (κ3) is 3.89. The van der Waals surface area contributed by atoms with E-state index in [1.165, 1.54) is 12.1 Å². The van der Waals surface area contributed by atoms with Crippen molar-refractivity contribution >= 4 is 5.91 Å². The number of carbonyl (C=O) groups excluding carboxylic acids is 1. The lowest BCUT2D eigenvalue weighted by Crippen LogP contribution is -2.40. The molecule has 1 aliphatic rings. The number of piperidine rings is 1. The molecule has 1 aliphatic heterocycles. The van der Waals surface area contributed by atoms with Crippen LogP contribution in [0.5, 0.6) is 0 Å². The van der Waals surface area contributed by atoms with Crippen molar-refractivity contribution in [1.82, 2.24) is 10.1 Å². The summed E-state index contributed by atoms with van der Waals surface area (Å²) in [5, 5.41) is 3.85. The van der Waals surface area contributed by atoms with Crippen molar-refractivity contribution in [1.29, 1.82) is 0 Å². The third-order valence-corrected chi connectivity index (χ3v) is 4.89. The molecule has 134 valence electrons. The van der Waals surface area contributed by atoms with E-state index in [4.69, 9.17) is 4.52 Å². The van der Waals surface area contributed by atoms with Crippen molar-refractivity contribution < 1.29 is 18.1 Å². The van der Waals surface area contributed by atoms with E-state index in [2.05, 4.69) is 5.16 Å². The number of nitrogens with zero attached hydrogens (tertiary/aromatic N) is 2. The largest absolute Gasteiger partial charge is 0.361 e. The molecule has 1 fully saturated rings. The molecular formula is C19H22F2N2O2. The van der Waals surface area contributed by atoms with E-state index in [0.717, 1.165) is 25.3 Å². The summed E-state index contributed by atoms with van der Waals surface area (Å²) < 4.78 is 31.8. The number of aryl methyl sites for hydroxylation is 3. The fourth-order valence-electron chi connectivity index (χ4n) is 3.52. The number of carbonyl (C=O) groups is 1. The van der Waals surface area contributed by atoms with Crippen LogP contribution in [0.2, 0.25) is 0 Å². The Kier molecular flexibility index (Phi) is 5.16. The molecule has 1 atom stereocenters. The zero-order valence-electron chi connectivity index (χ0n) is 14.5. The summed E-state index contributed by atoms with van der Waals surface area (Å²) in [5.74, 6) is -0.260. The number of benzene rings is 1. The van der Waals surface area contributed by atoms with Crippen molar-refractivity contribution in [2.24, 2.45) is 5.92 Å². The first-order chi connectivity index (χ1) is 12.0. The summed E-state index contributed by atoms with van der Waals surface area (Å²) >= 11 is 0. The van der Waals surface area contributed by atoms with Crippen LogP contribution in [0.1, 0.15) is 46.6 Å². The fourth-order valence-corrected chi connectivity index (χ4v) is 3.52. The van der Waals surface area contributed by atoms with Crippen LogP contribution in [0.15, 0.2) is 22.7 Å². The quantitative estimate of drug-likeness (QED) is 0.837. The van der Waals surface area contributed by atoms with Crippen LogP contribution >= 0.6 is 0 Å². The molecule has 1 aromatic carbocycles. The van der Waals surface area contributed by atoms with Crippen molar-refractivity contribution in [2.75, 3.05) is 13.1 Å². The highest BCUT2D eigenvalue weighted by Crippen LogP contribution is 2.25. The minimum Gasteiger partial charge on any atom is -0.361 e. The third-order valence-electron chi connectivity index (χ3n) is 4.89. The van der Waals surface area contributed by atoms with Gasteiger partial charge in [0.25, 0.3) is 5.91 Å². The number of rotatable bonds is 4. The first-order valence-corrected chi connectivity index (χ1v) is 8.61. The van der Waals surface area contributed by atoms with Gasteiger partial charge in [0, 0.05) is 19.2 Å². The predicted octanol–water partition coefficient (Wildman–Crippen LogP) is 4.05. The molecule has 0 aliphatic carbocycles. The van der Waals surface area contributed by atoms with Crippen LogP contribution < -0.4 is 0 Å². The van der Waals surface area contributed by atoms with Crippen molar-refractivity contribution in [3.63, 3.8) is 0 Å². The van der Waals surface area contributed by atoms with Crippen molar-refractivity contribution in [3.05, 3.63) is 52.4 Å². The highest BCUT2D eigenvalue weighted by molar-refractivity contribution is 5.96. The summed E-state index contributed by atoms with van der Waals surface area (Å²) in [6.45, 7) is 4.87. The van der Waals surface area contributed by atoms with Gasteiger partial charge in [-0.2, -0.15) is 0 Å². The molecule has 6 heteroatoms. The average molecular weight is 348 g/mol. The molecule has 1 aromatic heterocycles. The van der Waals surface area contributed by atoms with Gasteiger partial charge in [0.1, 0.15) is 23.0 Å². The Morgan fingerprint density at radius 2 is 2.16 bits per heavy atom. The SMILES string of the molecule is Cc1noc(C)c1C(=O)N1CCC[C@H](CCc2ccc(F)cc2F)C1. The van der Waals surface area contributed by atoms with Crippen LogP contribution in [0.4, 0.5) is 8.78 Å². The minimum absolute atomic E-state index is 0.0473. The number of amides is 1. The summed E-state index contributed by atoms with van der Waals surface area (Å²) in [6.07, 6.45) is 3.25. The van der Waals surface area contributed by atoms with Gasteiger partial charge in [0.15, 0.2) is 0 Å². The Labute approximate surface area is 145 Å². The first-order valence-electron chi connectivity index (χ1n) is 8.61. The molecule has 0 radical (unpaired) electrons. The maximum atomic E-state index is 13.8. The van der Waals surface area contributed by atoms with E-state index in [1.807, 2.05) is 4.90 Å². The summed E-state index contributed by atoms with van der Waals surface area (Å²) in [4.78, 5) is 14.6. The van der Waals surface area contributed by atoms with Gasteiger partial charge in [0.2, 0.25) is 0 Å². The molecule has 4 nitrogen and oxygen atoms in total. The monoisotopic (exact) mass is 348 g/mol. The Morgan fingerprint density at radius 1 is 1.36 bits per heavy atom. The lowest BCUT2D eigenvalue weighted by atomic mass is 9.91. The van der Waals surface area contributed by atoms with E-state index < -0.39 is 11.6 Å².